The Morgan fingerprint density at radius 2 is 1.48 bits per heavy atom. The highest BCUT2D eigenvalue weighted by atomic mass is 35.5. The van der Waals surface area contributed by atoms with Gasteiger partial charge in [0.25, 0.3) is 10.0 Å². The van der Waals surface area contributed by atoms with E-state index in [4.69, 9.17) is 46.4 Å². The van der Waals surface area contributed by atoms with Gasteiger partial charge in [0, 0.05) is 28.2 Å². The van der Waals surface area contributed by atoms with E-state index in [1.165, 1.54) is 35.2 Å². The van der Waals surface area contributed by atoms with Crippen LogP contribution >= 0.6 is 46.4 Å². The molecule has 3 aromatic carbocycles. The third kappa shape index (κ3) is 7.62. The molecule has 0 unspecified atom stereocenters. The van der Waals surface area contributed by atoms with Gasteiger partial charge in [-0.25, -0.2) is 8.42 Å². The zero-order valence-corrected chi connectivity index (χ0v) is 25.9. The number of nitrogens with one attached hydrogen (secondary N) is 1. The summed E-state index contributed by atoms with van der Waals surface area (Å²) in [4.78, 5) is 28.3. The maximum atomic E-state index is 14.0. The predicted octanol–water partition coefficient (Wildman–Crippen LogP) is 6.83. The van der Waals surface area contributed by atoms with Gasteiger partial charge in [-0.3, -0.25) is 13.9 Å². The van der Waals surface area contributed by atoms with Crippen molar-refractivity contribution in [2.45, 2.75) is 50.7 Å². The minimum Gasteiger partial charge on any atom is -0.352 e. The molecule has 0 saturated carbocycles. The Bertz CT molecular complexity index is 1450. The third-order valence-electron chi connectivity index (χ3n) is 6.36. The summed E-state index contributed by atoms with van der Waals surface area (Å²) in [6.07, 6.45) is 0.684. The molecule has 12 heteroatoms. The summed E-state index contributed by atoms with van der Waals surface area (Å²) in [7, 11) is -4.24. The molecule has 0 aliphatic carbocycles. The number of hydrogen-bond donors (Lipinski definition) is 1. The zero-order valence-electron chi connectivity index (χ0n) is 22.1. The van der Waals surface area contributed by atoms with Gasteiger partial charge in [-0.1, -0.05) is 77.6 Å². The molecule has 0 heterocycles. The largest absolute Gasteiger partial charge is 0.352 e. The molecular formula is C28H29Cl4N3O4S. The highest BCUT2D eigenvalue weighted by Crippen LogP contribution is 2.31. The average Bonchev–Trinajstić information content (AvgIpc) is 2.93. The highest BCUT2D eigenvalue weighted by molar-refractivity contribution is 7.92. The van der Waals surface area contributed by atoms with Crippen LogP contribution in [0.4, 0.5) is 5.69 Å². The molecule has 40 heavy (non-hydrogen) atoms. The number of halogens is 4. The van der Waals surface area contributed by atoms with Crippen molar-refractivity contribution in [2.75, 3.05) is 10.8 Å². The quantitative estimate of drug-likeness (QED) is 0.248. The Morgan fingerprint density at radius 1 is 0.850 bits per heavy atom. The molecule has 0 aliphatic heterocycles. The fourth-order valence-electron chi connectivity index (χ4n) is 3.79. The second-order valence-corrected chi connectivity index (χ2v) is 12.6. The highest BCUT2D eigenvalue weighted by Gasteiger charge is 2.33. The number of hydrogen-bond acceptors (Lipinski definition) is 4. The lowest BCUT2D eigenvalue weighted by molar-refractivity contribution is -0.139. The van der Waals surface area contributed by atoms with E-state index in [1.807, 2.05) is 13.8 Å². The molecule has 0 bridgehead atoms. The maximum Gasteiger partial charge on any atom is 0.264 e. The second kappa shape index (κ2) is 13.9. The van der Waals surface area contributed by atoms with E-state index in [0.717, 1.165) is 4.31 Å². The SMILES string of the molecule is CC[C@H](C)NC(=O)[C@@H](C)N(Cc1c(Cl)cccc1Cl)C(=O)CN(c1ccc(Cl)c(Cl)c1)S(=O)(=O)c1ccccc1. The molecule has 214 valence electrons. The van der Waals surface area contributed by atoms with E-state index >= 15 is 0 Å². The second-order valence-electron chi connectivity index (χ2n) is 9.14. The van der Waals surface area contributed by atoms with E-state index < -0.39 is 34.4 Å². The Labute approximate surface area is 255 Å². The summed E-state index contributed by atoms with van der Waals surface area (Å²) >= 11 is 25.1. The third-order valence-corrected chi connectivity index (χ3v) is 9.60. The van der Waals surface area contributed by atoms with E-state index in [0.29, 0.717) is 22.0 Å². The number of rotatable bonds is 11. The van der Waals surface area contributed by atoms with Crippen molar-refractivity contribution in [3.8, 4) is 0 Å². The number of benzene rings is 3. The summed E-state index contributed by atoms with van der Waals surface area (Å²) < 4.78 is 28.5. The summed E-state index contributed by atoms with van der Waals surface area (Å²) in [5.74, 6) is -1.06. The molecule has 0 fully saturated rings. The van der Waals surface area contributed by atoms with Gasteiger partial charge in [-0.05, 0) is 62.7 Å². The number of anilines is 1. The van der Waals surface area contributed by atoms with Gasteiger partial charge in [0.1, 0.15) is 12.6 Å². The monoisotopic (exact) mass is 643 g/mol. The number of amides is 2. The number of sulfonamides is 1. The Kier molecular flexibility index (Phi) is 11.1. The van der Waals surface area contributed by atoms with Crippen molar-refractivity contribution >= 4 is 73.9 Å². The molecule has 7 nitrogen and oxygen atoms in total. The maximum absolute atomic E-state index is 14.0. The normalized spacial score (nSPS) is 12.9. The molecule has 3 aromatic rings. The molecule has 2 atom stereocenters. The van der Waals surface area contributed by atoms with Crippen molar-refractivity contribution in [1.82, 2.24) is 10.2 Å². The van der Waals surface area contributed by atoms with Gasteiger partial charge in [-0.15, -0.1) is 0 Å². The lowest BCUT2D eigenvalue weighted by Crippen LogP contribution is -2.52. The molecule has 1 N–H and O–H groups in total. The first-order valence-electron chi connectivity index (χ1n) is 12.4. The summed E-state index contributed by atoms with van der Waals surface area (Å²) in [6, 6.07) is 15.7. The minimum atomic E-state index is -4.24. The first-order valence-corrected chi connectivity index (χ1v) is 15.4. The first-order chi connectivity index (χ1) is 18.9. The van der Waals surface area contributed by atoms with Crippen LogP contribution in [-0.2, 0) is 26.2 Å². The predicted molar refractivity (Wildman–Crippen MR) is 162 cm³/mol. The summed E-state index contributed by atoms with van der Waals surface area (Å²) in [5, 5.41) is 3.81. The summed E-state index contributed by atoms with van der Waals surface area (Å²) in [5.41, 5.74) is 0.549. The number of carbonyl (C=O) groups excluding carboxylic acids is 2. The lowest BCUT2D eigenvalue weighted by atomic mass is 10.1. The van der Waals surface area contributed by atoms with Crippen LogP contribution in [0, 0.1) is 0 Å². The lowest BCUT2D eigenvalue weighted by Gasteiger charge is -2.33. The van der Waals surface area contributed by atoms with Crippen LogP contribution in [0.1, 0.15) is 32.8 Å². The smallest absolute Gasteiger partial charge is 0.264 e. The Hall–Kier alpha value is -2.49. The number of carbonyl (C=O) groups is 2. The fourth-order valence-corrected chi connectivity index (χ4v) is 6.03. The molecule has 0 radical (unpaired) electrons. The zero-order chi connectivity index (χ0) is 29.6. The molecule has 0 aliphatic rings. The van der Waals surface area contributed by atoms with Crippen LogP contribution in [0.5, 0.6) is 0 Å². The molecule has 0 spiro atoms. The van der Waals surface area contributed by atoms with Gasteiger partial charge in [0.2, 0.25) is 11.8 Å². The van der Waals surface area contributed by atoms with Crippen LogP contribution in [-0.4, -0.2) is 43.8 Å². The van der Waals surface area contributed by atoms with Crippen molar-refractivity contribution in [2.24, 2.45) is 0 Å². The van der Waals surface area contributed by atoms with E-state index in [9.17, 15) is 18.0 Å². The van der Waals surface area contributed by atoms with Crippen LogP contribution in [0.15, 0.2) is 71.6 Å². The topological polar surface area (TPSA) is 86.8 Å². The van der Waals surface area contributed by atoms with E-state index in [1.54, 1.807) is 43.3 Å². The van der Waals surface area contributed by atoms with E-state index in [2.05, 4.69) is 5.32 Å². The number of nitrogens with zero attached hydrogens (tertiary/aromatic N) is 2. The molecular weight excluding hydrogens is 616 g/mol. The van der Waals surface area contributed by atoms with Gasteiger partial charge in [-0.2, -0.15) is 0 Å². The van der Waals surface area contributed by atoms with Crippen molar-refractivity contribution < 1.29 is 18.0 Å². The first kappa shape index (κ1) is 32.0. The Morgan fingerprint density at radius 3 is 2.05 bits per heavy atom. The van der Waals surface area contributed by atoms with Gasteiger partial charge >= 0.3 is 0 Å². The van der Waals surface area contributed by atoms with E-state index in [-0.39, 0.29) is 33.2 Å². The molecule has 0 saturated heterocycles. The van der Waals surface area contributed by atoms with Crippen LogP contribution in [0.25, 0.3) is 0 Å². The Balaban J connectivity index is 2.08. The van der Waals surface area contributed by atoms with Crippen LogP contribution < -0.4 is 9.62 Å². The minimum absolute atomic E-state index is 0.0304. The van der Waals surface area contributed by atoms with Crippen molar-refractivity contribution in [1.29, 1.82) is 0 Å². The molecule has 2 amide bonds. The van der Waals surface area contributed by atoms with Gasteiger partial charge in [0.05, 0.1) is 20.6 Å². The van der Waals surface area contributed by atoms with Crippen LogP contribution in [0.2, 0.25) is 20.1 Å². The standard InChI is InChI=1S/C28H29Cl4N3O4S/c1-4-18(2)33-28(37)19(3)34(16-22-23(29)11-8-12-24(22)30)27(36)17-35(20-13-14-25(31)26(32)15-20)40(38,39)21-9-6-5-7-10-21/h5-15,18-19H,4,16-17H2,1-3H3,(H,33,37)/t18-,19+/m0/s1. The average molecular weight is 645 g/mol. The molecule has 3 rings (SSSR count). The molecule has 0 aromatic heterocycles. The van der Waals surface area contributed by atoms with Gasteiger partial charge < -0.3 is 10.2 Å². The van der Waals surface area contributed by atoms with Crippen molar-refractivity contribution in [3.63, 3.8) is 0 Å². The summed E-state index contributed by atoms with van der Waals surface area (Å²) in [6.45, 7) is 4.56. The van der Waals surface area contributed by atoms with Gasteiger partial charge in [0.15, 0.2) is 0 Å². The van der Waals surface area contributed by atoms with Crippen molar-refractivity contribution in [3.05, 3.63) is 92.4 Å². The van der Waals surface area contributed by atoms with Crippen LogP contribution in [0.3, 0.4) is 0 Å². The fraction of sp³-hybridized carbons (Fsp3) is 0.286.